The molecule has 52 heavy (non-hydrogen) atoms. The fourth-order valence-corrected chi connectivity index (χ4v) is 6.29. The van der Waals surface area contributed by atoms with E-state index in [0.717, 1.165) is 48.5 Å². The number of aromatic nitrogens is 1. The third-order valence-electron chi connectivity index (χ3n) is 8.81. The zero-order valence-electron chi connectivity index (χ0n) is 29.2. The summed E-state index contributed by atoms with van der Waals surface area (Å²) in [4.78, 5) is 21.7. The smallest absolute Gasteiger partial charge is 0.246 e. The Balaban J connectivity index is 0.935. The van der Waals surface area contributed by atoms with Gasteiger partial charge in [0.15, 0.2) is 0 Å². The van der Waals surface area contributed by atoms with E-state index < -0.39 is 5.82 Å². The summed E-state index contributed by atoms with van der Waals surface area (Å²) in [6, 6.07) is 27.7. The van der Waals surface area contributed by atoms with Crippen LogP contribution in [-0.4, -0.2) is 53.5 Å². The van der Waals surface area contributed by atoms with E-state index in [9.17, 15) is 9.18 Å². The van der Waals surface area contributed by atoms with E-state index in [1.165, 1.54) is 23.3 Å². The van der Waals surface area contributed by atoms with Crippen molar-refractivity contribution in [3.05, 3.63) is 153 Å². The Labute approximate surface area is 314 Å². The average molecular weight is 741 g/mol. The minimum atomic E-state index is -0.394. The third-order valence-corrected chi connectivity index (χ3v) is 9.42. The van der Waals surface area contributed by atoms with Crippen molar-refractivity contribution in [1.82, 2.24) is 14.8 Å². The molecule has 0 N–H and O–H groups in total. The first-order valence-corrected chi connectivity index (χ1v) is 17.9. The number of hydrogen-bond acceptors (Lipinski definition) is 6. The van der Waals surface area contributed by atoms with E-state index >= 15 is 0 Å². The van der Waals surface area contributed by atoms with E-state index in [0.29, 0.717) is 52.7 Å². The number of piperazine rings is 1. The number of amides is 1. The maximum atomic E-state index is 13.3. The second-order valence-corrected chi connectivity index (χ2v) is 13.6. The normalized spacial score (nSPS) is 13.4. The molecule has 1 fully saturated rings. The highest BCUT2D eigenvalue weighted by Crippen LogP contribution is 2.30. The van der Waals surface area contributed by atoms with Crippen LogP contribution in [0.25, 0.3) is 6.08 Å². The molecule has 0 aliphatic carbocycles. The van der Waals surface area contributed by atoms with Gasteiger partial charge in [0.1, 0.15) is 29.7 Å². The van der Waals surface area contributed by atoms with Crippen molar-refractivity contribution >= 4 is 35.2 Å². The predicted molar refractivity (Wildman–Crippen MR) is 204 cm³/mol. The van der Waals surface area contributed by atoms with E-state index in [-0.39, 0.29) is 12.5 Å². The average Bonchev–Trinajstić information content (AvgIpc) is 3.14. The van der Waals surface area contributed by atoms with E-state index in [4.69, 9.17) is 37.4 Å². The molecule has 1 aliphatic rings. The molecule has 1 amide bonds. The highest BCUT2D eigenvalue weighted by molar-refractivity contribution is 6.31. The number of ether oxygens (including phenoxy) is 3. The fraction of sp³-hybridized carbons (Fsp3) is 0.238. The maximum absolute atomic E-state index is 13.3. The van der Waals surface area contributed by atoms with Crippen LogP contribution in [0.5, 0.6) is 23.1 Å². The Morgan fingerprint density at radius 3 is 2.19 bits per heavy atom. The van der Waals surface area contributed by atoms with Crippen LogP contribution in [0.4, 0.5) is 4.39 Å². The summed E-state index contributed by atoms with van der Waals surface area (Å²) < 4.78 is 31.0. The predicted octanol–water partition coefficient (Wildman–Crippen LogP) is 9.49. The van der Waals surface area contributed by atoms with E-state index in [1.807, 2.05) is 61.2 Å². The molecule has 0 radical (unpaired) electrons. The van der Waals surface area contributed by atoms with Gasteiger partial charge in [-0.15, -0.1) is 0 Å². The van der Waals surface area contributed by atoms with Gasteiger partial charge < -0.3 is 19.1 Å². The monoisotopic (exact) mass is 739 g/mol. The molecule has 0 spiro atoms. The van der Waals surface area contributed by atoms with Crippen LogP contribution in [0.15, 0.2) is 103 Å². The van der Waals surface area contributed by atoms with Gasteiger partial charge in [0.2, 0.25) is 11.8 Å². The van der Waals surface area contributed by atoms with Crippen LogP contribution in [-0.2, 0) is 24.4 Å². The summed E-state index contributed by atoms with van der Waals surface area (Å²) in [5.41, 5.74) is 5.93. The molecule has 0 atom stereocenters. The second kappa shape index (κ2) is 17.6. The molecule has 10 heteroatoms. The highest BCUT2D eigenvalue weighted by Gasteiger charge is 2.20. The van der Waals surface area contributed by atoms with E-state index in [1.54, 1.807) is 30.5 Å². The van der Waals surface area contributed by atoms with Crippen molar-refractivity contribution in [3.8, 4) is 23.1 Å². The van der Waals surface area contributed by atoms with Crippen molar-refractivity contribution in [2.75, 3.05) is 32.8 Å². The minimum Gasteiger partial charge on any atom is -0.493 e. The molecule has 6 rings (SSSR count). The number of benzene rings is 4. The van der Waals surface area contributed by atoms with Gasteiger partial charge in [0.05, 0.1) is 17.8 Å². The van der Waals surface area contributed by atoms with Crippen molar-refractivity contribution in [1.29, 1.82) is 0 Å². The van der Waals surface area contributed by atoms with Gasteiger partial charge in [-0.3, -0.25) is 9.69 Å². The van der Waals surface area contributed by atoms with Crippen molar-refractivity contribution < 1.29 is 23.4 Å². The van der Waals surface area contributed by atoms with Crippen LogP contribution in [0.3, 0.4) is 0 Å². The molecule has 5 aromatic rings. The van der Waals surface area contributed by atoms with Crippen LogP contribution >= 0.6 is 23.2 Å². The van der Waals surface area contributed by atoms with Gasteiger partial charge in [-0.1, -0.05) is 53.5 Å². The number of halogens is 3. The Morgan fingerprint density at radius 1 is 0.827 bits per heavy atom. The quantitative estimate of drug-likeness (QED) is 0.112. The van der Waals surface area contributed by atoms with Crippen molar-refractivity contribution in [2.45, 2.75) is 33.4 Å². The Morgan fingerprint density at radius 2 is 1.52 bits per heavy atom. The highest BCUT2D eigenvalue weighted by atomic mass is 35.5. The Kier molecular flexibility index (Phi) is 12.5. The molecular formula is C42H40Cl2FN3O4. The van der Waals surface area contributed by atoms with Crippen molar-refractivity contribution in [3.63, 3.8) is 0 Å². The van der Waals surface area contributed by atoms with Gasteiger partial charge in [-0.05, 0) is 102 Å². The molecule has 4 aromatic carbocycles. The molecular weight excluding hydrogens is 700 g/mol. The summed E-state index contributed by atoms with van der Waals surface area (Å²) in [5.74, 6) is 2.09. The zero-order valence-corrected chi connectivity index (χ0v) is 30.7. The summed E-state index contributed by atoms with van der Waals surface area (Å²) >= 11 is 12.0. The lowest BCUT2D eigenvalue weighted by Crippen LogP contribution is -2.47. The molecule has 1 aromatic heterocycles. The topological polar surface area (TPSA) is 64.1 Å². The van der Waals surface area contributed by atoms with Crippen LogP contribution in [0.2, 0.25) is 10.0 Å². The summed E-state index contributed by atoms with van der Waals surface area (Å²) in [6.07, 6.45) is 5.91. The Bertz CT molecular complexity index is 1970. The SMILES string of the molecule is Cc1cc(C=CC(=O)N2CCN(Cc3ccc(CCOc4ccc(Cl)cc4)cc3)CC2)cc(C)c1Oc1ccc(OCc2ccc(F)cc2Cl)cn1. The van der Waals surface area contributed by atoms with Gasteiger partial charge >= 0.3 is 0 Å². The summed E-state index contributed by atoms with van der Waals surface area (Å²) in [6.45, 7) is 8.60. The number of rotatable bonds is 13. The molecule has 0 saturated carbocycles. The lowest BCUT2D eigenvalue weighted by atomic mass is 10.1. The Hall–Kier alpha value is -4.89. The molecule has 2 heterocycles. The molecule has 0 bridgehead atoms. The van der Waals surface area contributed by atoms with E-state index in [2.05, 4.69) is 34.1 Å². The lowest BCUT2D eigenvalue weighted by molar-refractivity contribution is -0.127. The largest absolute Gasteiger partial charge is 0.493 e. The van der Waals surface area contributed by atoms with Gasteiger partial charge in [-0.25, -0.2) is 9.37 Å². The number of hydrogen-bond donors (Lipinski definition) is 0. The first-order chi connectivity index (χ1) is 25.2. The van der Waals surface area contributed by atoms with Crippen molar-refractivity contribution in [2.24, 2.45) is 0 Å². The third kappa shape index (κ3) is 10.3. The second-order valence-electron chi connectivity index (χ2n) is 12.7. The van der Waals surface area contributed by atoms with Gasteiger partial charge in [-0.2, -0.15) is 0 Å². The first kappa shape index (κ1) is 36.9. The molecule has 1 saturated heterocycles. The maximum Gasteiger partial charge on any atom is 0.246 e. The molecule has 1 aliphatic heterocycles. The summed E-state index contributed by atoms with van der Waals surface area (Å²) in [7, 11) is 0. The lowest BCUT2D eigenvalue weighted by Gasteiger charge is -2.34. The number of carbonyl (C=O) groups excluding carboxylic acids is 1. The first-order valence-electron chi connectivity index (χ1n) is 17.2. The molecule has 7 nitrogen and oxygen atoms in total. The van der Waals surface area contributed by atoms with Gasteiger partial charge in [0, 0.05) is 61.9 Å². The molecule has 0 unspecified atom stereocenters. The number of nitrogens with zero attached hydrogens (tertiary/aromatic N) is 3. The standard InChI is InChI=1S/C42H40Cl2FN3O4/c1-29-23-33(24-30(2)42(29)52-40-15-14-38(26-46-40)51-28-34-8-11-36(45)25-39(34)44)7-16-41(49)48-20-18-47(19-21-48)27-32-5-3-31(4-6-32)17-22-50-37-12-9-35(43)10-13-37/h3-16,23-26H,17-22,27-28H2,1-2H3. The van der Waals surface area contributed by atoms with Crippen LogP contribution in [0, 0.1) is 19.7 Å². The number of aryl methyl sites for hydroxylation is 2. The number of pyridine rings is 1. The van der Waals surface area contributed by atoms with Crippen LogP contribution < -0.4 is 14.2 Å². The summed E-state index contributed by atoms with van der Waals surface area (Å²) in [5, 5.41) is 1.01. The molecule has 268 valence electrons. The minimum absolute atomic E-state index is 0.00802. The fourth-order valence-electron chi connectivity index (χ4n) is 5.94. The zero-order chi connectivity index (χ0) is 36.5. The number of carbonyl (C=O) groups is 1. The van der Waals surface area contributed by atoms with Crippen LogP contribution in [0.1, 0.15) is 33.4 Å². The van der Waals surface area contributed by atoms with Gasteiger partial charge in [0.25, 0.3) is 0 Å².